The minimum atomic E-state index is 0.247. The lowest BCUT2D eigenvalue weighted by Crippen LogP contribution is -1.99. The molecule has 0 bridgehead atoms. The van der Waals surface area contributed by atoms with E-state index in [1.54, 1.807) is 7.11 Å². The predicted octanol–water partition coefficient (Wildman–Crippen LogP) is 2.95. The average Bonchev–Trinajstić information content (AvgIpc) is 2.87. The molecule has 0 aliphatic carbocycles. The molecule has 2 rings (SSSR count). The van der Waals surface area contributed by atoms with Crippen molar-refractivity contribution in [3.8, 4) is 0 Å². The molecule has 0 spiro atoms. The van der Waals surface area contributed by atoms with E-state index in [9.17, 15) is 0 Å². The molecule has 1 N–H and O–H groups in total. The number of hydrogen-bond donors (Lipinski definition) is 1. The normalized spacial score (nSPS) is 10.9. The summed E-state index contributed by atoms with van der Waals surface area (Å²) in [6.45, 7) is 5.33. The van der Waals surface area contributed by atoms with Crippen molar-refractivity contribution in [3.05, 3.63) is 41.3 Å². The molecule has 5 nitrogen and oxygen atoms in total. The highest BCUT2D eigenvalue weighted by Gasteiger charge is 2.08. The first-order valence-corrected chi connectivity index (χ1v) is 6.33. The fraction of sp³-hybridized carbons (Fsp3) is 0.429. The van der Waals surface area contributed by atoms with Crippen LogP contribution >= 0.6 is 0 Å². The number of aromatic nitrogens is 2. The molecule has 0 aliphatic heterocycles. The van der Waals surface area contributed by atoms with Crippen LogP contribution in [0.4, 0.5) is 6.01 Å². The molecule has 0 saturated heterocycles. The average molecular weight is 261 g/mol. The number of benzene rings is 1. The van der Waals surface area contributed by atoms with E-state index in [1.165, 1.54) is 0 Å². The third kappa shape index (κ3) is 3.79. The number of rotatable bonds is 6. The molecule has 102 valence electrons. The van der Waals surface area contributed by atoms with Gasteiger partial charge in [-0.15, -0.1) is 5.10 Å². The highest BCUT2D eigenvalue weighted by molar-refractivity contribution is 5.26. The fourth-order valence-electron chi connectivity index (χ4n) is 1.64. The highest BCUT2D eigenvalue weighted by Crippen LogP contribution is 2.15. The molecule has 1 aromatic heterocycles. The number of nitrogens with zero attached hydrogens (tertiary/aromatic N) is 2. The molecule has 0 amide bonds. The summed E-state index contributed by atoms with van der Waals surface area (Å²) in [5, 5.41) is 11.0. The SMILES string of the molecule is COCc1ccc(CNc2nnc(C(C)C)o2)cc1. The second-order valence-corrected chi connectivity index (χ2v) is 4.70. The van der Waals surface area contributed by atoms with Gasteiger partial charge in [-0.3, -0.25) is 0 Å². The van der Waals surface area contributed by atoms with E-state index in [4.69, 9.17) is 9.15 Å². The van der Waals surface area contributed by atoms with Gasteiger partial charge in [0.2, 0.25) is 5.89 Å². The van der Waals surface area contributed by atoms with Crippen molar-refractivity contribution < 1.29 is 9.15 Å². The molecule has 1 aromatic carbocycles. The fourth-order valence-corrected chi connectivity index (χ4v) is 1.64. The number of nitrogens with one attached hydrogen (secondary N) is 1. The van der Waals surface area contributed by atoms with Crippen molar-refractivity contribution in [1.29, 1.82) is 0 Å². The number of ether oxygens (including phenoxy) is 1. The maximum absolute atomic E-state index is 5.48. The Balaban J connectivity index is 1.90. The monoisotopic (exact) mass is 261 g/mol. The van der Waals surface area contributed by atoms with Gasteiger partial charge in [-0.05, 0) is 11.1 Å². The maximum Gasteiger partial charge on any atom is 0.315 e. The first kappa shape index (κ1) is 13.5. The summed E-state index contributed by atoms with van der Waals surface area (Å²) < 4.78 is 10.5. The molecule has 0 fully saturated rings. The van der Waals surface area contributed by atoms with Crippen LogP contribution < -0.4 is 5.32 Å². The second-order valence-electron chi connectivity index (χ2n) is 4.70. The first-order valence-electron chi connectivity index (χ1n) is 6.33. The molecule has 2 aromatic rings. The van der Waals surface area contributed by atoms with Gasteiger partial charge in [-0.2, -0.15) is 0 Å². The molecule has 0 atom stereocenters. The van der Waals surface area contributed by atoms with Crippen LogP contribution in [0.3, 0.4) is 0 Å². The predicted molar refractivity (Wildman–Crippen MR) is 72.9 cm³/mol. The lowest BCUT2D eigenvalue weighted by molar-refractivity contribution is 0.185. The smallest absolute Gasteiger partial charge is 0.315 e. The molecule has 1 heterocycles. The van der Waals surface area contributed by atoms with Crippen LogP contribution in [0.25, 0.3) is 0 Å². The third-order valence-electron chi connectivity index (χ3n) is 2.71. The maximum atomic E-state index is 5.48. The van der Waals surface area contributed by atoms with Gasteiger partial charge in [-0.1, -0.05) is 43.2 Å². The van der Waals surface area contributed by atoms with Crippen LogP contribution in [0.1, 0.15) is 36.8 Å². The van der Waals surface area contributed by atoms with Crippen molar-refractivity contribution in [2.45, 2.75) is 32.9 Å². The minimum absolute atomic E-state index is 0.247. The van der Waals surface area contributed by atoms with Gasteiger partial charge in [0, 0.05) is 19.6 Å². The third-order valence-corrected chi connectivity index (χ3v) is 2.71. The van der Waals surface area contributed by atoms with E-state index in [0.29, 0.717) is 25.1 Å². The van der Waals surface area contributed by atoms with Crippen LogP contribution in [0.15, 0.2) is 28.7 Å². The Hall–Kier alpha value is -1.88. The summed E-state index contributed by atoms with van der Waals surface area (Å²) in [4.78, 5) is 0. The zero-order chi connectivity index (χ0) is 13.7. The quantitative estimate of drug-likeness (QED) is 0.866. The molecule has 19 heavy (non-hydrogen) atoms. The van der Waals surface area contributed by atoms with Gasteiger partial charge in [0.15, 0.2) is 0 Å². The lowest BCUT2D eigenvalue weighted by Gasteiger charge is -2.04. The number of hydrogen-bond acceptors (Lipinski definition) is 5. The zero-order valence-corrected chi connectivity index (χ0v) is 11.5. The molecule has 0 unspecified atom stereocenters. The standard InChI is InChI=1S/C14H19N3O2/c1-10(2)13-16-17-14(19-13)15-8-11-4-6-12(7-5-11)9-18-3/h4-7,10H,8-9H2,1-3H3,(H,15,17). The van der Waals surface area contributed by atoms with Crippen LogP contribution in [-0.4, -0.2) is 17.3 Å². The van der Waals surface area contributed by atoms with E-state index >= 15 is 0 Å². The Kier molecular flexibility index (Phi) is 4.52. The molecule has 0 aliphatic rings. The Bertz CT molecular complexity index is 506. The number of anilines is 1. The summed E-state index contributed by atoms with van der Waals surface area (Å²) in [6, 6.07) is 8.67. The Morgan fingerprint density at radius 3 is 2.42 bits per heavy atom. The van der Waals surface area contributed by atoms with Gasteiger partial charge < -0.3 is 14.5 Å². The topological polar surface area (TPSA) is 60.2 Å². The van der Waals surface area contributed by atoms with Crippen LogP contribution in [0.2, 0.25) is 0 Å². The van der Waals surface area contributed by atoms with Crippen molar-refractivity contribution >= 4 is 6.01 Å². The minimum Gasteiger partial charge on any atom is -0.408 e. The summed E-state index contributed by atoms with van der Waals surface area (Å²) in [7, 11) is 1.69. The van der Waals surface area contributed by atoms with Crippen LogP contribution in [0.5, 0.6) is 0 Å². The zero-order valence-electron chi connectivity index (χ0n) is 11.5. The van der Waals surface area contributed by atoms with Gasteiger partial charge in [0.25, 0.3) is 0 Å². The highest BCUT2D eigenvalue weighted by atomic mass is 16.5. The molecule has 0 radical (unpaired) electrons. The Morgan fingerprint density at radius 1 is 1.16 bits per heavy atom. The van der Waals surface area contributed by atoms with Gasteiger partial charge >= 0.3 is 6.01 Å². The van der Waals surface area contributed by atoms with Crippen molar-refractivity contribution in [2.24, 2.45) is 0 Å². The van der Waals surface area contributed by atoms with Crippen molar-refractivity contribution in [3.63, 3.8) is 0 Å². The molecule has 5 heteroatoms. The van der Waals surface area contributed by atoms with Crippen molar-refractivity contribution in [2.75, 3.05) is 12.4 Å². The van der Waals surface area contributed by atoms with E-state index in [2.05, 4.69) is 27.6 Å². The van der Waals surface area contributed by atoms with Crippen LogP contribution in [0, 0.1) is 0 Å². The first-order chi connectivity index (χ1) is 9.19. The lowest BCUT2D eigenvalue weighted by atomic mass is 10.1. The summed E-state index contributed by atoms with van der Waals surface area (Å²) in [5.41, 5.74) is 2.32. The Labute approximate surface area is 113 Å². The van der Waals surface area contributed by atoms with E-state index < -0.39 is 0 Å². The van der Waals surface area contributed by atoms with Crippen molar-refractivity contribution in [1.82, 2.24) is 10.2 Å². The summed E-state index contributed by atoms with van der Waals surface area (Å²) in [6.07, 6.45) is 0. The number of methoxy groups -OCH3 is 1. The molecular weight excluding hydrogens is 242 g/mol. The summed E-state index contributed by atoms with van der Waals surface area (Å²) in [5.74, 6) is 0.898. The largest absolute Gasteiger partial charge is 0.408 e. The van der Waals surface area contributed by atoms with Crippen LogP contribution in [-0.2, 0) is 17.9 Å². The molecule has 0 saturated carbocycles. The van der Waals surface area contributed by atoms with E-state index in [-0.39, 0.29) is 5.92 Å². The molecular formula is C14H19N3O2. The van der Waals surface area contributed by atoms with Gasteiger partial charge in [0.1, 0.15) is 0 Å². The summed E-state index contributed by atoms with van der Waals surface area (Å²) >= 11 is 0. The Morgan fingerprint density at radius 2 is 1.84 bits per heavy atom. The van der Waals surface area contributed by atoms with E-state index in [1.807, 2.05) is 26.0 Å². The van der Waals surface area contributed by atoms with Gasteiger partial charge in [0.05, 0.1) is 6.61 Å². The van der Waals surface area contributed by atoms with Gasteiger partial charge in [-0.25, -0.2) is 0 Å². The second kappa shape index (κ2) is 6.33. The van der Waals surface area contributed by atoms with E-state index in [0.717, 1.165) is 11.1 Å².